The van der Waals surface area contributed by atoms with Crippen molar-refractivity contribution in [3.8, 4) is 5.75 Å². The molecule has 1 aromatic carbocycles. The summed E-state index contributed by atoms with van der Waals surface area (Å²) in [6, 6.07) is 9.82. The molecule has 1 aliphatic heterocycles. The molecule has 27 heavy (non-hydrogen) atoms. The van der Waals surface area contributed by atoms with Crippen molar-refractivity contribution in [2.75, 3.05) is 19.0 Å². The maximum atomic E-state index is 12.3. The van der Waals surface area contributed by atoms with E-state index in [1.54, 1.807) is 7.11 Å². The van der Waals surface area contributed by atoms with E-state index < -0.39 is 0 Å². The van der Waals surface area contributed by atoms with Gasteiger partial charge in [-0.1, -0.05) is 0 Å². The molecule has 140 valence electrons. The Labute approximate surface area is 157 Å². The second-order valence-corrected chi connectivity index (χ2v) is 6.87. The first kappa shape index (κ1) is 17.3. The number of ether oxygens (including phenoxy) is 1. The van der Waals surface area contributed by atoms with Gasteiger partial charge in [0.1, 0.15) is 11.6 Å². The topological polar surface area (TPSA) is 83.1 Å². The Kier molecular flexibility index (Phi) is 4.66. The Morgan fingerprint density at radius 1 is 1.22 bits per heavy atom. The minimum atomic E-state index is 0.200. The van der Waals surface area contributed by atoms with Gasteiger partial charge in [-0.2, -0.15) is 5.10 Å². The van der Waals surface area contributed by atoms with E-state index in [-0.39, 0.29) is 5.91 Å². The maximum absolute atomic E-state index is 12.3. The summed E-state index contributed by atoms with van der Waals surface area (Å²) in [7, 11) is 1.65. The SMILES string of the molecule is COc1ccc2c(CN3CCCCC3=O)nc(Nc3cc(C)[nH]n3)cc2c1. The lowest BCUT2D eigenvalue weighted by Gasteiger charge is -2.27. The number of amides is 1. The number of anilines is 2. The number of H-pyrrole nitrogens is 1. The van der Waals surface area contributed by atoms with Crippen LogP contribution in [0.5, 0.6) is 5.75 Å². The number of aromatic amines is 1. The highest BCUT2D eigenvalue weighted by molar-refractivity contribution is 5.89. The van der Waals surface area contributed by atoms with E-state index in [1.807, 2.05) is 42.2 Å². The van der Waals surface area contributed by atoms with Crippen molar-refractivity contribution in [3.05, 3.63) is 41.7 Å². The van der Waals surface area contributed by atoms with E-state index in [1.165, 1.54) is 0 Å². The van der Waals surface area contributed by atoms with Crippen LogP contribution in [0.3, 0.4) is 0 Å². The van der Waals surface area contributed by atoms with Gasteiger partial charge in [0.05, 0.1) is 19.3 Å². The summed E-state index contributed by atoms with van der Waals surface area (Å²) >= 11 is 0. The molecule has 1 saturated heterocycles. The average Bonchev–Trinajstić information content (AvgIpc) is 3.07. The maximum Gasteiger partial charge on any atom is 0.222 e. The number of benzene rings is 1. The molecular formula is C20H23N5O2. The number of rotatable bonds is 5. The van der Waals surface area contributed by atoms with Crippen LogP contribution in [0.2, 0.25) is 0 Å². The molecule has 0 atom stereocenters. The van der Waals surface area contributed by atoms with E-state index in [2.05, 4.69) is 15.5 Å². The van der Waals surface area contributed by atoms with Crippen LogP contribution in [-0.4, -0.2) is 39.6 Å². The Bertz CT molecular complexity index is 982. The lowest BCUT2D eigenvalue weighted by molar-refractivity contribution is -0.133. The molecule has 3 aromatic rings. The standard InChI is InChI=1S/C20H23N5O2/c1-13-9-19(24-23-13)22-18-11-14-10-15(27-2)6-7-16(14)17(21-18)12-25-8-4-3-5-20(25)26/h6-7,9-11H,3-5,8,12H2,1-2H3,(H2,21,22,23,24). The van der Waals surface area contributed by atoms with Gasteiger partial charge in [-0.3, -0.25) is 9.89 Å². The van der Waals surface area contributed by atoms with Crippen LogP contribution < -0.4 is 10.1 Å². The van der Waals surface area contributed by atoms with Crippen molar-refractivity contribution >= 4 is 28.3 Å². The first-order chi connectivity index (χ1) is 13.1. The highest BCUT2D eigenvalue weighted by Gasteiger charge is 2.20. The van der Waals surface area contributed by atoms with Crippen LogP contribution in [0.15, 0.2) is 30.3 Å². The fourth-order valence-electron chi connectivity index (χ4n) is 3.44. The van der Waals surface area contributed by atoms with Crippen LogP contribution in [0.1, 0.15) is 30.7 Å². The molecule has 1 aliphatic rings. The number of nitrogens with zero attached hydrogens (tertiary/aromatic N) is 3. The average molecular weight is 365 g/mol. The number of methoxy groups -OCH3 is 1. The minimum absolute atomic E-state index is 0.200. The summed E-state index contributed by atoms with van der Waals surface area (Å²) in [4.78, 5) is 19.0. The lowest BCUT2D eigenvalue weighted by Crippen LogP contribution is -2.35. The van der Waals surface area contributed by atoms with E-state index in [4.69, 9.17) is 9.72 Å². The van der Waals surface area contributed by atoms with Gasteiger partial charge in [-0.25, -0.2) is 4.98 Å². The zero-order valence-electron chi connectivity index (χ0n) is 15.6. The third-order valence-electron chi connectivity index (χ3n) is 4.84. The zero-order valence-corrected chi connectivity index (χ0v) is 15.6. The Hall–Kier alpha value is -3.09. The Morgan fingerprint density at radius 3 is 2.85 bits per heavy atom. The number of aryl methyl sites for hydroxylation is 1. The summed E-state index contributed by atoms with van der Waals surface area (Å²) in [6.07, 6.45) is 2.64. The largest absolute Gasteiger partial charge is 0.497 e. The first-order valence-corrected chi connectivity index (χ1v) is 9.17. The van der Waals surface area contributed by atoms with Crippen LogP contribution >= 0.6 is 0 Å². The third kappa shape index (κ3) is 3.72. The molecule has 0 spiro atoms. The number of likely N-dealkylation sites (tertiary alicyclic amines) is 1. The molecule has 0 radical (unpaired) electrons. The van der Waals surface area contributed by atoms with Gasteiger partial charge in [0.2, 0.25) is 5.91 Å². The summed E-state index contributed by atoms with van der Waals surface area (Å²) in [5.74, 6) is 2.39. The number of aromatic nitrogens is 3. The van der Waals surface area contributed by atoms with E-state index in [0.717, 1.165) is 47.3 Å². The highest BCUT2D eigenvalue weighted by atomic mass is 16.5. The van der Waals surface area contributed by atoms with Crippen molar-refractivity contribution in [3.63, 3.8) is 0 Å². The quantitative estimate of drug-likeness (QED) is 0.723. The number of carbonyl (C=O) groups excluding carboxylic acids is 1. The number of carbonyl (C=O) groups is 1. The van der Waals surface area contributed by atoms with Gasteiger partial charge < -0.3 is 15.0 Å². The molecule has 1 amide bonds. The molecule has 1 fully saturated rings. The Balaban J connectivity index is 1.73. The van der Waals surface area contributed by atoms with Gasteiger partial charge in [-0.05, 0) is 49.4 Å². The molecular weight excluding hydrogens is 342 g/mol. The smallest absolute Gasteiger partial charge is 0.222 e. The second-order valence-electron chi connectivity index (χ2n) is 6.87. The van der Waals surface area contributed by atoms with Crippen molar-refractivity contribution in [2.24, 2.45) is 0 Å². The summed E-state index contributed by atoms with van der Waals surface area (Å²) < 4.78 is 5.37. The van der Waals surface area contributed by atoms with Gasteiger partial charge in [0, 0.05) is 30.1 Å². The summed E-state index contributed by atoms with van der Waals surface area (Å²) in [5, 5.41) is 12.4. The van der Waals surface area contributed by atoms with E-state index >= 15 is 0 Å². The van der Waals surface area contributed by atoms with Crippen molar-refractivity contribution < 1.29 is 9.53 Å². The molecule has 0 bridgehead atoms. The van der Waals surface area contributed by atoms with Crippen LogP contribution in [0, 0.1) is 6.92 Å². The molecule has 0 saturated carbocycles. The monoisotopic (exact) mass is 365 g/mol. The normalized spacial score (nSPS) is 14.6. The molecule has 2 N–H and O–H groups in total. The van der Waals surface area contributed by atoms with Crippen LogP contribution in [0.4, 0.5) is 11.6 Å². The molecule has 0 aliphatic carbocycles. The highest BCUT2D eigenvalue weighted by Crippen LogP contribution is 2.28. The molecule has 7 heteroatoms. The van der Waals surface area contributed by atoms with Gasteiger partial charge in [0.15, 0.2) is 5.82 Å². The van der Waals surface area contributed by atoms with Crippen LogP contribution in [0.25, 0.3) is 10.8 Å². The molecule has 4 rings (SSSR count). The molecule has 7 nitrogen and oxygen atoms in total. The molecule has 2 aromatic heterocycles. The third-order valence-corrected chi connectivity index (χ3v) is 4.84. The number of hydrogen-bond donors (Lipinski definition) is 2. The lowest BCUT2D eigenvalue weighted by atomic mass is 10.1. The summed E-state index contributed by atoms with van der Waals surface area (Å²) in [5.41, 5.74) is 1.85. The van der Waals surface area contributed by atoms with Crippen molar-refractivity contribution in [1.29, 1.82) is 0 Å². The first-order valence-electron chi connectivity index (χ1n) is 9.17. The van der Waals surface area contributed by atoms with Gasteiger partial charge in [0.25, 0.3) is 0 Å². The predicted octanol–water partition coefficient (Wildman–Crippen LogP) is 3.53. The fourth-order valence-corrected chi connectivity index (χ4v) is 3.44. The molecule has 0 unspecified atom stereocenters. The fraction of sp³-hybridized carbons (Fsp3) is 0.350. The second kappa shape index (κ2) is 7.26. The summed E-state index contributed by atoms with van der Waals surface area (Å²) in [6.45, 7) is 3.25. The predicted molar refractivity (Wildman–Crippen MR) is 104 cm³/mol. The van der Waals surface area contributed by atoms with Crippen molar-refractivity contribution in [2.45, 2.75) is 32.7 Å². The minimum Gasteiger partial charge on any atom is -0.497 e. The van der Waals surface area contributed by atoms with E-state index in [0.29, 0.717) is 24.6 Å². The molecule has 3 heterocycles. The van der Waals surface area contributed by atoms with Crippen molar-refractivity contribution in [1.82, 2.24) is 20.1 Å². The number of fused-ring (bicyclic) bond motifs is 1. The number of hydrogen-bond acceptors (Lipinski definition) is 5. The number of piperidine rings is 1. The number of nitrogens with one attached hydrogen (secondary N) is 2. The zero-order chi connectivity index (χ0) is 18.8. The van der Waals surface area contributed by atoms with Gasteiger partial charge in [-0.15, -0.1) is 0 Å². The van der Waals surface area contributed by atoms with Gasteiger partial charge >= 0.3 is 0 Å². The Morgan fingerprint density at radius 2 is 2.11 bits per heavy atom. The van der Waals surface area contributed by atoms with E-state index in [9.17, 15) is 4.79 Å². The number of pyridine rings is 1. The van der Waals surface area contributed by atoms with Crippen LogP contribution in [-0.2, 0) is 11.3 Å².